The SMILES string of the molecule is CCCNC1CCCCc2cn(CCCOCC)cc21. The van der Waals surface area contributed by atoms with E-state index in [1.54, 1.807) is 11.1 Å². The van der Waals surface area contributed by atoms with Gasteiger partial charge in [0.15, 0.2) is 0 Å². The van der Waals surface area contributed by atoms with Crippen LogP contribution in [0.3, 0.4) is 0 Å². The predicted molar refractivity (Wildman–Crippen MR) is 84.1 cm³/mol. The zero-order chi connectivity index (χ0) is 14.2. The van der Waals surface area contributed by atoms with Gasteiger partial charge in [0, 0.05) is 38.2 Å². The monoisotopic (exact) mass is 278 g/mol. The van der Waals surface area contributed by atoms with Gasteiger partial charge in [0.1, 0.15) is 0 Å². The third-order valence-corrected chi connectivity index (χ3v) is 4.11. The first-order valence-electron chi connectivity index (χ1n) is 8.34. The summed E-state index contributed by atoms with van der Waals surface area (Å²) in [4.78, 5) is 0. The minimum absolute atomic E-state index is 0.570. The molecule has 20 heavy (non-hydrogen) atoms. The van der Waals surface area contributed by atoms with E-state index >= 15 is 0 Å². The summed E-state index contributed by atoms with van der Waals surface area (Å²) in [5.74, 6) is 0. The molecule has 1 heterocycles. The van der Waals surface area contributed by atoms with Gasteiger partial charge < -0.3 is 14.6 Å². The zero-order valence-corrected chi connectivity index (χ0v) is 13.2. The summed E-state index contributed by atoms with van der Waals surface area (Å²) >= 11 is 0. The molecule has 1 aromatic heterocycles. The Morgan fingerprint density at radius 2 is 2.20 bits per heavy atom. The van der Waals surface area contributed by atoms with Gasteiger partial charge in [0.05, 0.1) is 0 Å². The van der Waals surface area contributed by atoms with E-state index in [0.29, 0.717) is 6.04 Å². The smallest absolute Gasteiger partial charge is 0.0482 e. The van der Waals surface area contributed by atoms with E-state index in [0.717, 1.165) is 32.7 Å². The van der Waals surface area contributed by atoms with Gasteiger partial charge in [-0.1, -0.05) is 13.3 Å². The number of rotatable bonds is 8. The second-order valence-electron chi connectivity index (χ2n) is 5.78. The molecule has 1 aromatic rings. The van der Waals surface area contributed by atoms with Gasteiger partial charge in [-0.2, -0.15) is 0 Å². The highest BCUT2D eigenvalue weighted by molar-refractivity contribution is 5.29. The fourth-order valence-electron chi connectivity index (χ4n) is 3.07. The minimum atomic E-state index is 0.570. The van der Waals surface area contributed by atoms with Crippen LogP contribution in [0.15, 0.2) is 12.4 Å². The Morgan fingerprint density at radius 3 is 3.00 bits per heavy atom. The summed E-state index contributed by atoms with van der Waals surface area (Å²) in [6.07, 6.45) is 12.3. The van der Waals surface area contributed by atoms with Crippen molar-refractivity contribution in [1.82, 2.24) is 9.88 Å². The third-order valence-electron chi connectivity index (χ3n) is 4.11. The molecule has 0 radical (unpaired) electrons. The number of nitrogens with zero attached hydrogens (tertiary/aromatic N) is 1. The lowest BCUT2D eigenvalue weighted by atomic mass is 10.0. The zero-order valence-electron chi connectivity index (χ0n) is 13.2. The first-order chi connectivity index (χ1) is 9.85. The van der Waals surface area contributed by atoms with Crippen molar-refractivity contribution in [2.24, 2.45) is 0 Å². The van der Waals surface area contributed by atoms with Crippen LogP contribution in [0, 0.1) is 0 Å². The molecule has 3 nitrogen and oxygen atoms in total. The van der Waals surface area contributed by atoms with Crippen molar-refractivity contribution in [3.05, 3.63) is 23.5 Å². The van der Waals surface area contributed by atoms with Crippen molar-refractivity contribution < 1.29 is 4.74 Å². The van der Waals surface area contributed by atoms with Crippen molar-refractivity contribution >= 4 is 0 Å². The Hall–Kier alpha value is -0.800. The minimum Gasteiger partial charge on any atom is -0.382 e. The molecule has 0 saturated heterocycles. The first kappa shape index (κ1) is 15.6. The Bertz CT molecular complexity index is 386. The molecule has 0 amide bonds. The molecule has 1 N–H and O–H groups in total. The van der Waals surface area contributed by atoms with Crippen LogP contribution in [-0.4, -0.2) is 24.3 Å². The Balaban J connectivity index is 1.97. The van der Waals surface area contributed by atoms with Gasteiger partial charge in [-0.3, -0.25) is 0 Å². The van der Waals surface area contributed by atoms with Gasteiger partial charge >= 0.3 is 0 Å². The van der Waals surface area contributed by atoms with Crippen molar-refractivity contribution in [3.63, 3.8) is 0 Å². The highest BCUT2D eigenvalue weighted by Crippen LogP contribution is 2.29. The van der Waals surface area contributed by atoms with Crippen molar-refractivity contribution in [2.75, 3.05) is 19.8 Å². The van der Waals surface area contributed by atoms with Gasteiger partial charge in [-0.05, 0) is 56.7 Å². The molecule has 2 rings (SSSR count). The van der Waals surface area contributed by atoms with Crippen LogP contribution in [0.25, 0.3) is 0 Å². The summed E-state index contributed by atoms with van der Waals surface area (Å²) in [7, 11) is 0. The summed E-state index contributed by atoms with van der Waals surface area (Å²) in [6, 6.07) is 0.570. The highest BCUT2D eigenvalue weighted by Gasteiger charge is 2.19. The molecule has 1 aliphatic carbocycles. The van der Waals surface area contributed by atoms with Crippen molar-refractivity contribution in [1.29, 1.82) is 0 Å². The van der Waals surface area contributed by atoms with Crippen molar-refractivity contribution in [2.45, 2.75) is 65.0 Å². The molecule has 0 bridgehead atoms. The fourth-order valence-corrected chi connectivity index (χ4v) is 3.07. The second-order valence-corrected chi connectivity index (χ2v) is 5.78. The topological polar surface area (TPSA) is 26.2 Å². The van der Waals surface area contributed by atoms with Crippen LogP contribution in [0.2, 0.25) is 0 Å². The number of hydrogen-bond acceptors (Lipinski definition) is 2. The van der Waals surface area contributed by atoms with Gasteiger partial charge in [0.2, 0.25) is 0 Å². The van der Waals surface area contributed by atoms with Gasteiger partial charge in [0.25, 0.3) is 0 Å². The lowest BCUT2D eigenvalue weighted by Gasteiger charge is -2.16. The van der Waals surface area contributed by atoms with Crippen molar-refractivity contribution in [3.8, 4) is 0 Å². The quantitative estimate of drug-likeness (QED) is 0.580. The predicted octanol–water partition coefficient (Wildman–Crippen LogP) is 3.68. The largest absolute Gasteiger partial charge is 0.382 e. The molecule has 3 heteroatoms. The lowest BCUT2D eigenvalue weighted by molar-refractivity contribution is 0.141. The summed E-state index contributed by atoms with van der Waals surface area (Å²) < 4.78 is 7.80. The Kier molecular flexibility index (Phi) is 6.61. The Labute approximate surface area is 123 Å². The van der Waals surface area contributed by atoms with Gasteiger partial charge in [-0.25, -0.2) is 0 Å². The summed E-state index contributed by atoms with van der Waals surface area (Å²) in [6.45, 7) is 8.19. The number of aromatic nitrogens is 1. The Morgan fingerprint density at radius 1 is 1.30 bits per heavy atom. The van der Waals surface area contributed by atoms with E-state index in [1.165, 1.54) is 32.1 Å². The molecule has 114 valence electrons. The molecule has 0 saturated carbocycles. The van der Waals surface area contributed by atoms with E-state index in [9.17, 15) is 0 Å². The molecule has 0 fully saturated rings. The standard InChI is InChI=1S/C17H30N2O/c1-3-10-18-17-9-6-5-8-15-13-19(14-16(15)17)11-7-12-20-4-2/h13-14,17-18H,3-12H2,1-2H3. The van der Waals surface area contributed by atoms with Crippen LogP contribution >= 0.6 is 0 Å². The first-order valence-corrected chi connectivity index (χ1v) is 8.34. The van der Waals surface area contributed by atoms with Crippen LogP contribution in [0.5, 0.6) is 0 Å². The van der Waals surface area contributed by atoms with Crippen LogP contribution in [-0.2, 0) is 17.7 Å². The summed E-state index contributed by atoms with van der Waals surface area (Å²) in [5, 5.41) is 3.72. The number of fused-ring (bicyclic) bond motifs is 1. The highest BCUT2D eigenvalue weighted by atomic mass is 16.5. The number of ether oxygens (including phenoxy) is 1. The van der Waals surface area contributed by atoms with E-state index < -0.39 is 0 Å². The van der Waals surface area contributed by atoms with Gasteiger partial charge in [-0.15, -0.1) is 0 Å². The van der Waals surface area contributed by atoms with Crippen LogP contribution < -0.4 is 5.32 Å². The summed E-state index contributed by atoms with van der Waals surface area (Å²) in [5.41, 5.74) is 3.11. The maximum Gasteiger partial charge on any atom is 0.0482 e. The average molecular weight is 278 g/mol. The molecule has 1 atom stereocenters. The molecular weight excluding hydrogens is 248 g/mol. The van der Waals surface area contributed by atoms with Crippen LogP contribution in [0.1, 0.15) is 63.1 Å². The molecule has 0 aromatic carbocycles. The number of aryl methyl sites for hydroxylation is 2. The average Bonchev–Trinajstić information content (AvgIpc) is 2.77. The second kappa shape index (κ2) is 8.48. The lowest BCUT2D eigenvalue weighted by Crippen LogP contribution is -2.21. The molecule has 1 aliphatic rings. The van der Waals surface area contributed by atoms with Crippen LogP contribution in [0.4, 0.5) is 0 Å². The van der Waals surface area contributed by atoms with E-state index in [2.05, 4.69) is 36.1 Å². The van der Waals surface area contributed by atoms with E-state index in [4.69, 9.17) is 4.74 Å². The van der Waals surface area contributed by atoms with E-state index in [1.807, 2.05) is 0 Å². The maximum atomic E-state index is 5.43. The molecular formula is C17H30N2O. The third kappa shape index (κ3) is 4.35. The maximum absolute atomic E-state index is 5.43. The number of hydrogen-bond donors (Lipinski definition) is 1. The normalized spacial score (nSPS) is 18.8. The molecule has 0 aliphatic heterocycles. The molecule has 0 spiro atoms. The fraction of sp³-hybridized carbons (Fsp3) is 0.765. The van der Waals surface area contributed by atoms with E-state index in [-0.39, 0.29) is 0 Å². The number of nitrogens with one attached hydrogen (secondary N) is 1. The molecule has 1 unspecified atom stereocenters.